The number of phosphoric acid groups is 1. The molecule has 0 heterocycles. The van der Waals surface area contributed by atoms with Crippen LogP contribution in [-0.2, 0) is 24.8 Å². The lowest BCUT2D eigenvalue weighted by Gasteiger charge is -2.39. The summed E-state index contributed by atoms with van der Waals surface area (Å²) < 4.78 is 29.7. The average molecular weight is 591 g/mol. The second kappa shape index (κ2) is 15.0. The second-order valence-electron chi connectivity index (χ2n) is 12.1. The standard InChI is InChI=1S/C32H50NO7P/c1-7-8-10-13-25-21-28(34)30(27-20-24(4)14-15-26(27)23(2)3)29(22-25)39-31(35)32(16-11-9-12-17-32)40-41(36,37)38-19-18-33(5)6/h20-22,26-27,34H,2,7-19H2,1,3-6H3,(H,36,37)/p-1/t26-,27+/m0/s1. The maximum atomic E-state index is 14.0. The van der Waals surface area contributed by atoms with Crippen LogP contribution in [0.25, 0.3) is 0 Å². The quantitative estimate of drug-likeness (QED) is 0.0828. The molecule has 0 spiro atoms. The predicted molar refractivity (Wildman–Crippen MR) is 160 cm³/mol. The molecule has 1 saturated carbocycles. The Bertz CT molecular complexity index is 1140. The van der Waals surface area contributed by atoms with E-state index in [-0.39, 0.29) is 42.8 Å². The Labute approximate surface area is 246 Å². The van der Waals surface area contributed by atoms with Crippen LogP contribution in [0.1, 0.15) is 102 Å². The van der Waals surface area contributed by atoms with Gasteiger partial charge in [0, 0.05) is 18.0 Å². The molecule has 1 aromatic rings. The van der Waals surface area contributed by atoms with Crippen LogP contribution in [-0.4, -0.2) is 48.8 Å². The number of unbranched alkanes of at least 4 members (excludes halogenated alkanes) is 2. The predicted octanol–water partition coefficient (Wildman–Crippen LogP) is 6.81. The summed E-state index contributed by atoms with van der Waals surface area (Å²) in [6.45, 7) is 10.7. The summed E-state index contributed by atoms with van der Waals surface area (Å²) in [7, 11) is -1.18. The summed E-state index contributed by atoms with van der Waals surface area (Å²) in [5, 5.41) is 11.4. The summed E-state index contributed by atoms with van der Waals surface area (Å²) in [6, 6.07) is 3.60. The van der Waals surface area contributed by atoms with E-state index < -0.39 is 19.4 Å². The highest BCUT2D eigenvalue weighted by Gasteiger charge is 2.46. The van der Waals surface area contributed by atoms with Crippen molar-refractivity contribution in [2.24, 2.45) is 5.92 Å². The smallest absolute Gasteiger partial charge is 0.344 e. The van der Waals surface area contributed by atoms with E-state index >= 15 is 0 Å². The first-order valence-electron chi connectivity index (χ1n) is 15.1. The summed E-state index contributed by atoms with van der Waals surface area (Å²) in [6.07, 6.45) is 10.3. The third kappa shape index (κ3) is 9.26. The van der Waals surface area contributed by atoms with Gasteiger partial charge in [-0.05, 0) is 103 Å². The number of benzene rings is 1. The molecule has 0 aliphatic heterocycles. The molecule has 1 aromatic carbocycles. The van der Waals surface area contributed by atoms with Crippen LogP contribution in [0.5, 0.6) is 11.5 Å². The van der Waals surface area contributed by atoms with E-state index in [0.717, 1.165) is 56.1 Å². The third-order valence-corrected chi connectivity index (χ3v) is 9.34. The minimum absolute atomic E-state index is 0.0693. The Hall–Kier alpha value is -1.96. The van der Waals surface area contributed by atoms with Crippen LogP contribution in [0, 0.1) is 5.92 Å². The van der Waals surface area contributed by atoms with Crippen LogP contribution in [0.2, 0.25) is 0 Å². The zero-order valence-corrected chi connectivity index (χ0v) is 26.5. The van der Waals surface area contributed by atoms with Crippen molar-refractivity contribution in [2.75, 3.05) is 27.2 Å². The van der Waals surface area contributed by atoms with Crippen molar-refractivity contribution in [1.82, 2.24) is 4.90 Å². The van der Waals surface area contributed by atoms with Gasteiger partial charge in [-0.15, -0.1) is 0 Å². The summed E-state index contributed by atoms with van der Waals surface area (Å²) in [5.74, 6) is -0.591. The number of carbonyl (C=O) groups is 1. The van der Waals surface area contributed by atoms with Gasteiger partial charge in [0.2, 0.25) is 0 Å². The maximum absolute atomic E-state index is 14.0. The van der Waals surface area contributed by atoms with Gasteiger partial charge in [0.1, 0.15) is 11.5 Å². The fourth-order valence-corrected chi connectivity index (χ4v) is 6.98. The molecule has 3 atom stereocenters. The van der Waals surface area contributed by atoms with Crippen molar-refractivity contribution in [1.29, 1.82) is 0 Å². The van der Waals surface area contributed by atoms with Crippen LogP contribution in [0.15, 0.2) is 35.9 Å². The molecule has 2 aliphatic carbocycles. The molecule has 0 aromatic heterocycles. The number of phenolic OH excluding ortho intramolecular Hbond substituents is 1. The van der Waals surface area contributed by atoms with Crippen molar-refractivity contribution in [3.8, 4) is 11.5 Å². The molecule has 0 bridgehead atoms. The number of phenols is 1. The molecule has 3 rings (SSSR count). The lowest BCUT2D eigenvalue weighted by Crippen LogP contribution is -2.46. The van der Waals surface area contributed by atoms with Gasteiger partial charge in [0.25, 0.3) is 7.82 Å². The molecule has 1 N–H and O–H groups in total. The van der Waals surface area contributed by atoms with E-state index in [1.807, 2.05) is 27.1 Å². The molecule has 8 nitrogen and oxygen atoms in total. The lowest BCUT2D eigenvalue weighted by molar-refractivity contribution is -0.240. The van der Waals surface area contributed by atoms with Crippen molar-refractivity contribution in [2.45, 2.75) is 103 Å². The number of rotatable bonds is 14. The van der Waals surface area contributed by atoms with Crippen molar-refractivity contribution in [3.63, 3.8) is 0 Å². The molecule has 1 fully saturated rings. The van der Waals surface area contributed by atoms with E-state index in [4.69, 9.17) is 13.8 Å². The van der Waals surface area contributed by atoms with Crippen LogP contribution in [0.3, 0.4) is 0 Å². The van der Waals surface area contributed by atoms with E-state index in [1.165, 1.54) is 5.57 Å². The Morgan fingerprint density at radius 2 is 1.93 bits per heavy atom. The zero-order valence-electron chi connectivity index (χ0n) is 25.6. The molecule has 0 saturated heterocycles. The molecule has 230 valence electrons. The summed E-state index contributed by atoms with van der Waals surface area (Å²) in [5.41, 5.74) is 1.92. The highest BCUT2D eigenvalue weighted by Crippen LogP contribution is 2.50. The fraction of sp³-hybridized carbons (Fsp3) is 0.656. The van der Waals surface area contributed by atoms with E-state index in [0.29, 0.717) is 24.9 Å². The third-order valence-electron chi connectivity index (χ3n) is 8.27. The molecule has 9 heteroatoms. The minimum atomic E-state index is -4.80. The fourth-order valence-electron chi connectivity index (χ4n) is 5.94. The minimum Gasteiger partial charge on any atom is -0.756 e. The number of allylic oxidation sites excluding steroid dienone is 3. The highest BCUT2D eigenvalue weighted by molar-refractivity contribution is 7.46. The number of phosphoric ester groups is 1. The second-order valence-corrected chi connectivity index (χ2v) is 13.5. The molecule has 0 radical (unpaired) electrons. The summed E-state index contributed by atoms with van der Waals surface area (Å²) >= 11 is 0. The SMILES string of the molecule is C=C(C)[C@@H]1CCC(C)=C[C@H]1c1c(O)cc(CCCCC)cc1OC(=O)C1(OP(=O)([O-])OCCN(C)C)CCCCC1. The zero-order chi connectivity index (χ0) is 30.2. The van der Waals surface area contributed by atoms with Crippen LogP contribution < -0.4 is 9.63 Å². The first-order valence-corrected chi connectivity index (χ1v) is 16.6. The normalized spacial score (nSPS) is 22.2. The lowest BCUT2D eigenvalue weighted by atomic mass is 9.73. The number of carbonyl (C=O) groups excluding carboxylic acids is 1. The Morgan fingerprint density at radius 3 is 2.56 bits per heavy atom. The molecule has 0 amide bonds. The number of likely N-dealkylation sites (N-methyl/N-ethyl adjacent to an activating group) is 1. The van der Waals surface area contributed by atoms with Crippen molar-refractivity contribution >= 4 is 13.8 Å². The number of aryl methyl sites for hydroxylation is 1. The van der Waals surface area contributed by atoms with Gasteiger partial charge in [0.15, 0.2) is 5.60 Å². The van der Waals surface area contributed by atoms with Crippen molar-refractivity contribution in [3.05, 3.63) is 47.1 Å². The van der Waals surface area contributed by atoms with Crippen molar-refractivity contribution < 1.29 is 33.1 Å². The van der Waals surface area contributed by atoms with Gasteiger partial charge in [-0.1, -0.05) is 50.0 Å². The van der Waals surface area contributed by atoms with Crippen LogP contribution >= 0.6 is 7.82 Å². The Balaban J connectivity index is 2.01. The van der Waals surface area contributed by atoms with Gasteiger partial charge < -0.3 is 24.2 Å². The maximum Gasteiger partial charge on any atom is 0.344 e. The molecule has 2 aliphatic rings. The number of hydrogen-bond donors (Lipinski definition) is 1. The van der Waals surface area contributed by atoms with Crippen LogP contribution in [0.4, 0.5) is 0 Å². The highest BCUT2D eigenvalue weighted by atomic mass is 31.2. The first kappa shape index (κ1) is 33.5. The van der Waals surface area contributed by atoms with E-state index in [9.17, 15) is 19.4 Å². The number of nitrogens with zero attached hydrogens (tertiary/aromatic N) is 1. The number of aromatic hydroxyl groups is 1. The molecule has 41 heavy (non-hydrogen) atoms. The average Bonchev–Trinajstić information content (AvgIpc) is 2.88. The van der Waals surface area contributed by atoms with Gasteiger partial charge in [0.05, 0.1) is 6.61 Å². The molecular weight excluding hydrogens is 541 g/mol. The topological polar surface area (TPSA) is 108 Å². The monoisotopic (exact) mass is 590 g/mol. The number of ether oxygens (including phenoxy) is 1. The van der Waals surface area contributed by atoms with E-state index in [2.05, 4.69) is 26.5 Å². The van der Waals surface area contributed by atoms with Gasteiger partial charge in [-0.2, -0.15) is 0 Å². The molecule has 1 unspecified atom stereocenters. The molecular formula is C32H49NO7P-. The number of esters is 1. The van der Waals surface area contributed by atoms with Gasteiger partial charge in [-0.3, -0.25) is 9.09 Å². The number of hydrogen-bond acceptors (Lipinski definition) is 8. The Kier molecular flexibility index (Phi) is 12.2. The summed E-state index contributed by atoms with van der Waals surface area (Å²) in [4.78, 5) is 28.6. The largest absolute Gasteiger partial charge is 0.756 e. The first-order chi connectivity index (χ1) is 19.4. The Morgan fingerprint density at radius 1 is 1.22 bits per heavy atom. The van der Waals surface area contributed by atoms with E-state index in [1.54, 1.807) is 11.0 Å². The van der Waals surface area contributed by atoms with Gasteiger partial charge >= 0.3 is 5.97 Å². The van der Waals surface area contributed by atoms with Gasteiger partial charge in [-0.25, -0.2) is 4.79 Å².